The molecule has 1 heterocycles. The Morgan fingerprint density at radius 3 is 2.95 bits per heavy atom. The molecule has 0 aliphatic heterocycles. The van der Waals surface area contributed by atoms with Crippen molar-refractivity contribution in [2.24, 2.45) is 0 Å². The molecule has 2 rings (SSSR count). The number of methoxy groups -OCH3 is 1. The number of benzene rings is 1. The third-order valence-electron chi connectivity index (χ3n) is 2.76. The van der Waals surface area contributed by atoms with Crippen LogP contribution in [0.4, 0.5) is 5.69 Å². The van der Waals surface area contributed by atoms with Gasteiger partial charge in [0.25, 0.3) is 0 Å². The van der Waals surface area contributed by atoms with Crippen molar-refractivity contribution in [3.05, 3.63) is 44.3 Å². The molecule has 0 saturated heterocycles. The fraction of sp³-hybridized carbons (Fsp3) is 0.357. The summed E-state index contributed by atoms with van der Waals surface area (Å²) < 4.78 is 6.31. The molecular formula is C14H17BrN2OS. The Balaban J connectivity index is 2.08. The molecule has 0 unspecified atom stereocenters. The maximum absolute atomic E-state index is 5.24. The Labute approximate surface area is 126 Å². The zero-order valence-corrected chi connectivity index (χ0v) is 13.5. The molecular weight excluding hydrogens is 324 g/mol. The molecule has 0 fully saturated rings. The van der Waals surface area contributed by atoms with Crippen LogP contribution in [-0.2, 0) is 24.3 Å². The minimum absolute atomic E-state index is 0.590. The van der Waals surface area contributed by atoms with E-state index in [4.69, 9.17) is 4.74 Å². The van der Waals surface area contributed by atoms with Crippen LogP contribution in [0.3, 0.4) is 0 Å². The molecule has 0 aliphatic rings. The minimum Gasteiger partial charge on any atom is -0.380 e. The Bertz CT molecular complexity index is 542. The number of nitrogens with zero attached hydrogens (tertiary/aromatic N) is 1. The van der Waals surface area contributed by atoms with Gasteiger partial charge in [-0.2, -0.15) is 0 Å². The quantitative estimate of drug-likeness (QED) is 0.854. The Morgan fingerprint density at radius 2 is 2.26 bits per heavy atom. The first-order chi connectivity index (χ1) is 9.24. The summed E-state index contributed by atoms with van der Waals surface area (Å²) in [5.74, 6) is 0. The van der Waals surface area contributed by atoms with E-state index in [1.165, 1.54) is 9.88 Å². The first kappa shape index (κ1) is 14.5. The second-order valence-corrected chi connectivity index (χ2v) is 6.18. The van der Waals surface area contributed by atoms with Gasteiger partial charge in [0.2, 0.25) is 0 Å². The summed E-state index contributed by atoms with van der Waals surface area (Å²) >= 11 is 5.32. The van der Waals surface area contributed by atoms with E-state index in [0.717, 1.165) is 28.7 Å². The Hall–Kier alpha value is -0.910. The van der Waals surface area contributed by atoms with E-state index in [1.54, 1.807) is 18.4 Å². The number of nitrogens with one attached hydrogen (secondary N) is 1. The Kier molecular flexibility index (Phi) is 5.36. The predicted molar refractivity (Wildman–Crippen MR) is 83.7 cm³/mol. The second-order valence-electron chi connectivity index (χ2n) is 4.13. The lowest BCUT2D eigenvalue weighted by Crippen LogP contribution is -2.02. The summed E-state index contributed by atoms with van der Waals surface area (Å²) in [7, 11) is 1.71. The fourth-order valence-electron chi connectivity index (χ4n) is 1.79. The summed E-state index contributed by atoms with van der Waals surface area (Å²) in [6.07, 6.45) is 2.95. The van der Waals surface area contributed by atoms with Gasteiger partial charge in [-0.3, -0.25) is 0 Å². The van der Waals surface area contributed by atoms with Crippen LogP contribution in [0.2, 0.25) is 0 Å². The first-order valence-electron chi connectivity index (χ1n) is 6.18. The van der Waals surface area contributed by atoms with Crippen LogP contribution in [0.5, 0.6) is 0 Å². The molecule has 102 valence electrons. The molecule has 2 aromatic rings. The molecule has 1 aromatic carbocycles. The SMILES string of the molecule is CCc1ncc(CNc2cccc(Br)c2COC)s1. The van der Waals surface area contributed by atoms with E-state index in [9.17, 15) is 0 Å². The molecule has 0 saturated carbocycles. The molecule has 0 bridgehead atoms. The fourth-order valence-corrected chi connectivity index (χ4v) is 3.07. The molecule has 1 N–H and O–H groups in total. The molecule has 0 radical (unpaired) electrons. The summed E-state index contributed by atoms with van der Waals surface area (Å²) in [6.45, 7) is 3.51. The van der Waals surface area contributed by atoms with Crippen molar-refractivity contribution in [1.29, 1.82) is 0 Å². The zero-order valence-electron chi connectivity index (χ0n) is 11.1. The van der Waals surface area contributed by atoms with E-state index >= 15 is 0 Å². The lowest BCUT2D eigenvalue weighted by Gasteiger charge is -2.12. The van der Waals surface area contributed by atoms with Gasteiger partial charge < -0.3 is 10.1 Å². The third-order valence-corrected chi connectivity index (χ3v) is 4.65. The summed E-state index contributed by atoms with van der Waals surface area (Å²) in [6, 6.07) is 6.12. The highest BCUT2D eigenvalue weighted by atomic mass is 79.9. The summed E-state index contributed by atoms with van der Waals surface area (Å²) in [4.78, 5) is 5.62. The molecule has 1 aromatic heterocycles. The van der Waals surface area contributed by atoms with Crippen LogP contribution in [0, 0.1) is 0 Å². The molecule has 5 heteroatoms. The van der Waals surface area contributed by atoms with Crippen LogP contribution in [0.15, 0.2) is 28.9 Å². The first-order valence-corrected chi connectivity index (χ1v) is 7.79. The number of hydrogen-bond acceptors (Lipinski definition) is 4. The number of ether oxygens (including phenoxy) is 1. The summed E-state index contributed by atoms with van der Waals surface area (Å²) in [5.41, 5.74) is 2.24. The van der Waals surface area contributed by atoms with Gasteiger partial charge in [0.1, 0.15) is 0 Å². The number of anilines is 1. The van der Waals surface area contributed by atoms with Crippen LogP contribution >= 0.6 is 27.3 Å². The van der Waals surface area contributed by atoms with Gasteiger partial charge in [0.05, 0.1) is 18.2 Å². The van der Waals surface area contributed by atoms with Crippen molar-refractivity contribution < 1.29 is 4.74 Å². The average Bonchev–Trinajstić information content (AvgIpc) is 2.87. The average molecular weight is 341 g/mol. The number of thiazole rings is 1. The van der Waals surface area contributed by atoms with E-state index in [0.29, 0.717) is 6.61 Å². The van der Waals surface area contributed by atoms with Gasteiger partial charge in [-0.25, -0.2) is 4.98 Å². The molecule has 3 nitrogen and oxygen atoms in total. The van der Waals surface area contributed by atoms with Gasteiger partial charge in [-0.1, -0.05) is 28.9 Å². The van der Waals surface area contributed by atoms with Gasteiger partial charge in [-0.05, 0) is 18.6 Å². The highest BCUT2D eigenvalue weighted by Crippen LogP contribution is 2.26. The molecule has 19 heavy (non-hydrogen) atoms. The molecule has 0 spiro atoms. The van der Waals surface area contributed by atoms with Gasteiger partial charge in [0, 0.05) is 33.9 Å². The van der Waals surface area contributed by atoms with Crippen molar-refractivity contribution in [3.63, 3.8) is 0 Å². The van der Waals surface area contributed by atoms with Crippen LogP contribution in [-0.4, -0.2) is 12.1 Å². The lowest BCUT2D eigenvalue weighted by molar-refractivity contribution is 0.185. The summed E-state index contributed by atoms with van der Waals surface area (Å²) in [5, 5.41) is 4.64. The van der Waals surface area contributed by atoms with Crippen molar-refractivity contribution in [3.8, 4) is 0 Å². The highest BCUT2D eigenvalue weighted by Gasteiger charge is 2.07. The number of hydrogen-bond donors (Lipinski definition) is 1. The van der Waals surface area contributed by atoms with E-state index in [2.05, 4.69) is 39.2 Å². The van der Waals surface area contributed by atoms with Crippen LogP contribution < -0.4 is 5.32 Å². The van der Waals surface area contributed by atoms with E-state index in [-0.39, 0.29) is 0 Å². The van der Waals surface area contributed by atoms with Crippen molar-refractivity contribution >= 4 is 33.0 Å². The topological polar surface area (TPSA) is 34.2 Å². The van der Waals surface area contributed by atoms with Crippen molar-refractivity contribution in [1.82, 2.24) is 4.98 Å². The standard InChI is InChI=1S/C14H17BrN2OS/c1-3-14-17-8-10(19-14)7-16-13-6-4-5-12(15)11(13)9-18-2/h4-6,8,16H,3,7,9H2,1-2H3. The predicted octanol–water partition coefficient (Wildman–Crippen LogP) is 4.23. The van der Waals surface area contributed by atoms with Crippen molar-refractivity contribution in [2.45, 2.75) is 26.5 Å². The number of rotatable bonds is 6. The molecule has 0 atom stereocenters. The maximum atomic E-state index is 5.24. The number of aromatic nitrogens is 1. The zero-order chi connectivity index (χ0) is 13.7. The smallest absolute Gasteiger partial charge is 0.0925 e. The number of aryl methyl sites for hydroxylation is 1. The van der Waals surface area contributed by atoms with E-state index in [1.807, 2.05) is 18.3 Å². The normalized spacial score (nSPS) is 10.7. The van der Waals surface area contributed by atoms with Gasteiger partial charge in [-0.15, -0.1) is 11.3 Å². The maximum Gasteiger partial charge on any atom is 0.0925 e. The Morgan fingerprint density at radius 1 is 1.42 bits per heavy atom. The molecule has 0 amide bonds. The monoisotopic (exact) mass is 340 g/mol. The van der Waals surface area contributed by atoms with Crippen molar-refractivity contribution in [2.75, 3.05) is 12.4 Å². The van der Waals surface area contributed by atoms with E-state index < -0.39 is 0 Å². The highest BCUT2D eigenvalue weighted by molar-refractivity contribution is 9.10. The van der Waals surface area contributed by atoms with Gasteiger partial charge >= 0.3 is 0 Å². The number of halogens is 1. The van der Waals surface area contributed by atoms with Gasteiger partial charge in [0.15, 0.2) is 0 Å². The molecule has 0 aliphatic carbocycles. The second kappa shape index (κ2) is 7.03. The minimum atomic E-state index is 0.590. The van der Waals surface area contributed by atoms with Crippen LogP contribution in [0.1, 0.15) is 22.4 Å². The lowest BCUT2D eigenvalue weighted by atomic mass is 10.2. The third kappa shape index (κ3) is 3.78. The van der Waals surface area contributed by atoms with Crippen LogP contribution in [0.25, 0.3) is 0 Å². The largest absolute Gasteiger partial charge is 0.380 e.